The zero-order valence-corrected chi connectivity index (χ0v) is 16.1. The molecule has 3 aromatic rings. The maximum atomic E-state index is 12.5. The molecule has 0 atom stereocenters. The fraction of sp³-hybridized carbons (Fsp3) is 0.0952. The predicted octanol–water partition coefficient (Wildman–Crippen LogP) is 3.19. The summed E-state index contributed by atoms with van der Waals surface area (Å²) in [6.07, 6.45) is 0.663. The van der Waals surface area contributed by atoms with Crippen LogP contribution in [0.15, 0.2) is 77.7 Å². The molecule has 0 aliphatic rings. The van der Waals surface area contributed by atoms with E-state index in [0.29, 0.717) is 17.7 Å². The van der Waals surface area contributed by atoms with Crippen LogP contribution in [-0.4, -0.2) is 21.4 Å². The van der Waals surface area contributed by atoms with Crippen molar-refractivity contribution in [3.63, 3.8) is 0 Å². The van der Waals surface area contributed by atoms with E-state index >= 15 is 0 Å². The van der Waals surface area contributed by atoms with Crippen LogP contribution in [0.5, 0.6) is 5.75 Å². The average molecular weight is 396 g/mol. The molecule has 1 amide bonds. The van der Waals surface area contributed by atoms with Crippen LogP contribution in [0.25, 0.3) is 0 Å². The molecule has 28 heavy (non-hydrogen) atoms. The highest BCUT2D eigenvalue weighted by Crippen LogP contribution is 2.25. The summed E-state index contributed by atoms with van der Waals surface area (Å²) in [4.78, 5) is 12.4. The van der Waals surface area contributed by atoms with E-state index in [-0.39, 0.29) is 10.8 Å². The number of nitrogens with one attached hydrogen (secondary N) is 1. The van der Waals surface area contributed by atoms with Crippen molar-refractivity contribution in [2.75, 3.05) is 12.4 Å². The zero-order valence-electron chi connectivity index (χ0n) is 15.3. The van der Waals surface area contributed by atoms with E-state index in [1.165, 1.54) is 24.3 Å². The summed E-state index contributed by atoms with van der Waals surface area (Å²) in [6, 6.07) is 20.8. The molecule has 0 fully saturated rings. The number of methoxy groups -OCH3 is 1. The molecule has 0 heterocycles. The Kier molecular flexibility index (Phi) is 5.77. The van der Waals surface area contributed by atoms with Gasteiger partial charge in [-0.05, 0) is 48.0 Å². The average Bonchev–Trinajstić information content (AvgIpc) is 2.68. The molecule has 0 saturated heterocycles. The number of carbonyl (C=O) groups excluding carboxylic acids is 1. The summed E-state index contributed by atoms with van der Waals surface area (Å²) in [7, 11) is -2.19. The maximum absolute atomic E-state index is 12.5. The lowest BCUT2D eigenvalue weighted by Gasteiger charge is -2.12. The van der Waals surface area contributed by atoms with Gasteiger partial charge in [-0.1, -0.05) is 30.3 Å². The molecule has 0 bridgehead atoms. The van der Waals surface area contributed by atoms with Gasteiger partial charge in [-0.25, -0.2) is 13.6 Å². The topological polar surface area (TPSA) is 98.5 Å². The van der Waals surface area contributed by atoms with Crippen molar-refractivity contribution >= 4 is 21.6 Å². The summed E-state index contributed by atoms with van der Waals surface area (Å²) in [5.74, 6) is 0.385. The number of hydrogen-bond donors (Lipinski definition) is 2. The van der Waals surface area contributed by atoms with Gasteiger partial charge < -0.3 is 10.1 Å². The van der Waals surface area contributed by atoms with E-state index < -0.39 is 10.0 Å². The number of anilines is 1. The number of carbonyl (C=O) groups is 1. The molecule has 7 heteroatoms. The van der Waals surface area contributed by atoms with Crippen LogP contribution in [0.2, 0.25) is 0 Å². The van der Waals surface area contributed by atoms with Gasteiger partial charge in [-0.3, -0.25) is 4.79 Å². The fourth-order valence-electron chi connectivity index (χ4n) is 2.81. The first kappa shape index (κ1) is 19.6. The van der Waals surface area contributed by atoms with Crippen molar-refractivity contribution in [3.05, 3.63) is 89.5 Å². The molecule has 0 unspecified atom stereocenters. The second-order valence-corrected chi connectivity index (χ2v) is 7.77. The first-order chi connectivity index (χ1) is 13.4. The van der Waals surface area contributed by atoms with Crippen molar-refractivity contribution in [2.24, 2.45) is 5.14 Å². The summed E-state index contributed by atoms with van der Waals surface area (Å²) >= 11 is 0. The third-order valence-electron chi connectivity index (χ3n) is 4.22. The lowest BCUT2D eigenvalue weighted by molar-refractivity contribution is 0.102. The van der Waals surface area contributed by atoms with Crippen LogP contribution in [-0.2, 0) is 16.4 Å². The van der Waals surface area contributed by atoms with Gasteiger partial charge in [0, 0.05) is 23.2 Å². The first-order valence-corrected chi connectivity index (χ1v) is 10.1. The molecule has 0 saturated carbocycles. The van der Waals surface area contributed by atoms with Gasteiger partial charge in [0.2, 0.25) is 10.0 Å². The number of rotatable bonds is 6. The zero-order chi connectivity index (χ0) is 20.1. The smallest absolute Gasteiger partial charge is 0.255 e. The van der Waals surface area contributed by atoms with Crippen LogP contribution >= 0.6 is 0 Å². The van der Waals surface area contributed by atoms with E-state index in [4.69, 9.17) is 9.88 Å². The van der Waals surface area contributed by atoms with Gasteiger partial charge in [0.25, 0.3) is 5.91 Å². The normalized spacial score (nSPS) is 11.1. The van der Waals surface area contributed by atoms with Crippen molar-refractivity contribution in [3.8, 4) is 5.75 Å². The minimum Gasteiger partial charge on any atom is -0.496 e. The number of benzene rings is 3. The number of sulfonamides is 1. The number of nitrogens with two attached hydrogens (primary N) is 1. The van der Waals surface area contributed by atoms with Gasteiger partial charge in [0.05, 0.1) is 12.0 Å². The SMILES string of the molecule is COc1ccc(NC(=O)c2ccc(S(N)(=O)=O)cc2)cc1Cc1ccccc1. The minimum atomic E-state index is -3.79. The Morgan fingerprint density at radius 1 is 1.00 bits per heavy atom. The number of primary sulfonamides is 1. The van der Waals surface area contributed by atoms with Crippen molar-refractivity contribution in [1.82, 2.24) is 0 Å². The first-order valence-electron chi connectivity index (χ1n) is 8.52. The number of amides is 1. The van der Waals surface area contributed by atoms with E-state index in [1.54, 1.807) is 19.2 Å². The summed E-state index contributed by atoms with van der Waals surface area (Å²) in [5.41, 5.74) is 3.01. The van der Waals surface area contributed by atoms with Crippen molar-refractivity contribution in [2.45, 2.75) is 11.3 Å². The van der Waals surface area contributed by atoms with Crippen molar-refractivity contribution < 1.29 is 17.9 Å². The van der Waals surface area contributed by atoms with Gasteiger partial charge >= 0.3 is 0 Å². The number of hydrogen-bond acceptors (Lipinski definition) is 4. The highest BCUT2D eigenvalue weighted by Gasteiger charge is 2.12. The van der Waals surface area contributed by atoms with Crippen molar-refractivity contribution in [1.29, 1.82) is 0 Å². The van der Waals surface area contributed by atoms with Crippen LogP contribution < -0.4 is 15.2 Å². The Bertz CT molecular complexity index is 1080. The summed E-state index contributed by atoms with van der Waals surface area (Å²) < 4.78 is 28.1. The molecule has 0 radical (unpaired) electrons. The Labute approximate surface area is 164 Å². The van der Waals surface area contributed by atoms with Gasteiger partial charge in [0.15, 0.2) is 0 Å². The van der Waals surface area contributed by atoms with Gasteiger partial charge in [-0.15, -0.1) is 0 Å². The molecule has 0 aliphatic heterocycles. The highest BCUT2D eigenvalue weighted by molar-refractivity contribution is 7.89. The summed E-state index contributed by atoms with van der Waals surface area (Å²) in [5, 5.41) is 7.89. The fourth-order valence-corrected chi connectivity index (χ4v) is 3.32. The second kappa shape index (κ2) is 8.24. The molecule has 3 aromatic carbocycles. The number of ether oxygens (including phenoxy) is 1. The largest absolute Gasteiger partial charge is 0.496 e. The summed E-state index contributed by atoms with van der Waals surface area (Å²) in [6.45, 7) is 0. The quantitative estimate of drug-likeness (QED) is 0.668. The molecule has 0 spiro atoms. The van der Waals surface area contributed by atoms with E-state index in [2.05, 4.69) is 5.32 Å². The van der Waals surface area contributed by atoms with E-state index in [1.807, 2.05) is 36.4 Å². The molecule has 0 aliphatic carbocycles. The third-order valence-corrected chi connectivity index (χ3v) is 5.15. The van der Waals surface area contributed by atoms with Crippen LogP contribution in [0.3, 0.4) is 0 Å². The lowest BCUT2D eigenvalue weighted by Crippen LogP contribution is -2.14. The molecule has 0 aromatic heterocycles. The van der Waals surface area contributed by atoms with Gasteiger partial charge in [0.1, 0.15) is 5.75 Å². The molecule has 3 rings (SSSR count). The van der Waals surface area contributed by atoms with E-state index in [0.717, 1.165) is 16.9 Å². The third kappa shape index (κ3) is 4.76. The lowest BCUT2D eigenvalue weighted by atomic mass is 10.0. The Hall–Kier alpha value is -3.16. The molecular formula is C21H20N2O4S. The Morgan fingerprint density at radius 2 is 1.68 bits per heavy atom. The molecule has 3 N–H and O–H groups in total. The van der Waals surface area contributed by atoms with Crippen LogP contribution in [0, 0.1) is 0 Å². The Balaban J connectivity index is 1.80. The standard InChI is InChI=1S/C21H20N2O4S/c1-27-20-12-9-18(14-17(20)13-15-5-3-2-4-6-15)23-21(24)16-7-10-19(11-8-16)28(22,25)26/h2-12,14H,13H2,1H3,(H,23,24)(H2,22,25,26). The van der Waals surface area contributed by atoms with Gasteiger partial charge in [-0.2, -0.15) is 0 Å². The predicted molar refractivity (Wildman–Crippen MR) is 108 cm³/mol. The van der Waals surface area contributed by atoms with E-state index in [9.17, 15) is 13.2 Å². The monoisotopic (exact) mass is 396 g/mol. The molecule has 144 valence electrons. The highest BCUT2D eigenvalue weighted by atomic mass is 32.2. The molecular weight excluding hydrogens is 376 g/mol. The second-order valence-electron chi connectivity index (χ2n) is 6.21. The minimum absolute atomic E-state index is 0.0429. The van der Waals surface area contributed by atoms with Crippen LogP contribution in [0.4, 0.5) is 5.69 Å². The Morgan fingerprint density at radius 3 is 2.29 bits per heavy atom. The maximum Gasteiger partial charge on any atom is 0.255 e. The molecule has 6 nitrogen and oxygen atoms in total. The van der Waals surface area contributed by atoms with Crippen LogP contribution in [0.1, 0.15) is 21.5 Å².